The molecule has 0 saturated carbocycles. The first-order valence-corrected chi connectivity index (χ1v) is 5.37. The lowest BCUT2D eigenvalue weighted by molar-refractivity contribution is 0.398. The standard InChI is InChI=1S/C13H12N4O/c1-9-5-6-15-13(11(9)7-14)17-10-3-4-12(18-2)16-8-10/h3-6,8H,1-2H3,(H,15,17). The number of ether oxygens (including phenoxy) is 1. The maximum atomic E-state index is 9.09. The summed E-state index contributed by atoms with van der Waals surface area (Å²) < 4.78 is 4.98. The van der Waals surface area contributed by atoms with Gasteiger partial charge in [-0.3, -0.25) is 0 Å². The average molecular weight is 240 g/mol. The minimum atomic E-state index is 0.532. The molecule has 0 unspecified atom stereocenters. The van der Waals surface area contributed by atoms with Gasteiger partial charge in [-0.1, -0.05) is 0 Å². The van der Waals surface area contributed by atoms with Crippen molar-refractivity contribution in [2.24, 2.45) is 0 Å². The van der Waals surface area contributed by atoms with Crippen molar-refractivity contribution in [3.8, 4) is 11.9 Å². The van der Waals surface area contributed by atoms with E-state index in [1.54, 1.807) is 31.6 Å². The predicted octanol–water partition coefficient (Wildman–Crippen LogP) is 2.41. The molecule has 0 fully saturated rings. The molecule has 2 aromatic heterocycles. The van der Waals surface area contributed by atoms with Crippen molar-refractivity contribution in [3.63, 3.8) is 0 Å². The summed E-state index contributed by atoms with van der Waals surface area (Å²) in [5.41, 5.74) is 2.18. The van der Waals surface area contributed by atoms with Gasteiger partial charge in [0.1, 0.15) is 11.9 Å². The van der Waals surface area contributed by atoms with Crippen LogP contribution in [0, 0.1) is 18.3 Å². The summed E-state index contributed by atoms with van der Waals surface area (Å²) in [7, 11) is 1.56. The monoisotopic (exact) mass is 240 g/mol. The molecule has 1 N–H and O–H groups in total. The second kappa shape index (κ2) is 5.15. The molecule has 0 atom stereocenters. The Morgan fingerprint density at radius 2 is 2.11 bits per heavy atom. The molecule has 5 heteroatoms. The van der Waals surface area contributed by atoms with Crippen LogP contribution in [0.25, 0.3) is 0 Å². The largest absolute Gasteiger partial charge is 0.481 e. The van der Waals surface area contributed by atoms with Crippen LogP contribution in [0.4, 0.5) is 11.5 Å². The third-order valence-electron chi connectivity index (χ3n) is 2.48. The molecule has 0 amide bonds. The van der Waals surface area contributed by atoms with Crippen LogP contribution in [-0.4, -0.2) is 17.1 Å². The van der Waals surface area contributed by atoms with E-state index in [9.17, 15) is 0 Å². The summed E-state index contributed by atoms with van der Waals surface area (Å²) in [6.45, 7) is 1.87. The van der Waals surface area contributed by atoms with Gasteiger partial charge in [0.05, 0.1) is 24.6 Å². The van der Waals surface area contributed by atoms with Gasteiger partial charge in [-0.05, 0) is 24.6 Å². The summed E-state index contributed by atoms with van der Waals surface area (Å²) in [6.07, 6.45) is 3.29. The smallest absolute Gasteiger partial charge is 0.213 e. The number of pyridine rings is 2. The summed E-state index contributed by atoms with van der Waals surface area (Å²) in [5, 5.41) is 12.2. The number of nitrogens with one attached hydrogen (secondary N) is 1. The highest BCUT2D eigenvalue weighted by atomic mass is 16.5. The van der Waals surface area contributed by atoms with E-state index in [0.29, 0.717) is 17.3 Å². The van der Waals surface area contributed by atoms with Crippen LogP contribution in [0.2, 0.25) is 0 Å². The second-order valence-electron chi connectivity index (χ2n) is 3.68. The van der Waals surface area contributed by atoms with E-state index < -0.39 is 0 Å². The van der Waals surface area contributed by atoms with E-state index in [4.69, 9.17) is 10.00 Å². The van der Waals surface area contributed by atoms with Gasteiger partial charge in [0.25, 0.3) is 0 Å². The van der Waals surface area contributed by atoms with Gasteiger partial charge < -0.3 is 10.1 Å². The van der Waals surface area contributed by atoms with Crippen molar-refractivity contribution in [1.29, 1.82) is 5.26 Å². The van der Waals surface area contributed by atoms with Crippen LogP contribution in [0.3, 0.4) is 0 Å². The highest BCUT2D eigenvalue weighted by molar-refractivity contribution is 5.63. The minimum Gasteiger partial charge on any atom is -0.481 e. The molecular weight excluding hydrogens is 228 g/mol. The Morgan fingerprint density at radius 3 is 2.72 bits per heavy atom. The Balaban J connectivity index is 2.28. The number of aromatic nitrogens is 2. The van der Waals surface area contributed by atoms with E-state index in [2.05, 4.69) is 21.4 Å². The first-order chi connectivity index (χ1) is 8.74. The number of rotatable bonds is 3. The lowest BCUT2D eigenvalue weighted by Gasteiger charge is -2.08. The summed E-state index contributed by atoms with van der Waals surface area (Å²) in [5.74, 6) is 1.07. The molecule has 90 valence electrons. The highest BCUT2D eigenvalue weighted by Crippen LogP contribution is 2.20. The number of hydrogen-bond donors (Lipinski definition) is 1. The molecule has 2 rings (SSSR count). The number of nitrogens with zero attached hydrogens (tertiary/aromatic N) is 3. The van der Waals surface area contributed by atoms with Crippen LogP contribution >= 0.6 is 0 Å². The number of aryl methyl sites for hydroxylation is 1. The molecule has 18 heavy (non-hydrogen) atoms. The molecule has 2 heterocycles. The van der Waals surface area contributed by atoms with E-state index in [1.165, 1.54) is 0 Å². The maximum absolute atomic E-state index is 9.09. The fourth-order valence-electron chi connectivity index (χ4n) is 1.51. The summed E-state index contributed by atoms with van der Waals surface area (Å²) in [4.78, 5) is 8.23. The van der Waals surface area contributed by atoms with Gasteiger partial charge in [0.2, 0.25) is 5.88 Å². The molecular formula is C13H12N4O. The topological polar surface area (TPSA) is 70.8 Å². The van der Waals surface area contributed by atoms with Crippen molar-refractivity contribution in [2.75, 3.05) is 12.4 Å². The summed E-state index contributed by atoms with van der Waals surface area (Å²) >= 11 is 0. The van der Waals surface area contributed by atoms with Gasteiger partial charge in [-0.2, -0.15) is 5.26 Å². The van der Waals surface area contributed by atoms with E-state index in [1.807, 2.05) is 13.0 Å². The molecule has 0 bridgehead atoms. The molecule has 0 spiro atoms. The lowest BCUT2D eigenvalue weighted by Crippen LogP contribution is -1.99. The van der Waals surface area contributed by atoms with Gasteiger partial charge in [-0.15, -0.1) is 0 Å². The number of nitriles is 1. The fraction of sp³-hybridized carbons (Fsp3) is 0.154. The van der Waals surface area contributed by atoms with Crippen LogP contribution in [-0.2, 0) is 0 Å². The number of anilines is 2. The molecule has 0 saturated heterocycles. The minimum absolute atomic E-state index is 0.532. The van der Waals surface area contributed by atoms with Crippen molar-refractivity contribution in [2.45, 2.75) is 6.92 Å². The Hall–Kier alpha value is -2.61. The molecule has 0 aliphatic rings. The van der Waals surface area contributed by atoms with Gasteiger partial charge >= 0.3 is 0 Å². The molecule has 0 aromatic carbocycles. The van der Waals surface area contributed by atoms with Crippen LogP contribution in [0.15, 0.2) is 30.6 Å². The van der Waals surface area contributed by atoms with E-state index in [-0.39, 0.29) is 0 Å². The normalized spacial score (nSPS) is 9.61. The van der Waals surface area contributed by atoms with Gasteiger partial charge in [0, 0.05) is 12.3 Å². The zero-order chi connectivity index (χ0) is 13.0. The molecule has 2 aromatic rings. The van der Waals surface area contributed by atoms with Crippen LogP contribution in [0.1, 0.15) is 11.1 Å². The van der Waals surface area contributed by atoms with Crippen LogP contribution in [0.5, 0.6) is 5.88 Å². The zero-order valence-corrected chi connectivity index (χ0v) is 10.1. The number of methoxy groups -OCH3 is 1. The second-order valence-corrected chi connectivity index (χ2v) is 3.68. The zero-order valence-electron chi connectivity index (χ0n) is 10.1. The SMILES string of the molecule is COc1ccc(Nc2nccc(C)c2C#N)cn1. The van der Waals surface area contributed by atoms with E-state index >= 15 is 0 Å². The quantitative estimate of drug-likeness (QED) is 0.892. The van der Waals surface area contributed by atoms with Crippen molar-refractivity contribution < 1.29 is 4.74 Å². The maximum Gasteiger partial charge on any atom is 0.213 e. The Morgan fingerprint density at radius 1 is 1.28 bits per heavy atom. The Labute approximate surface area is 105 Å². The summed E-state index contributed by atoms with van der Waals surface area (Å²) in [6, 6.07) is 7.49. The van der Waals surface area contributed by atoms with Crippen LogP contribution < -0.4 is 10.1 Å². The first-order valence-electron chi connectivity index (χ1n) is 5.37. The Bertz CT molecular complexity index is 587. The highest BCUT2D eigenvalue weighted by Gasteiger charge is 2.06. The number of hydrogen-bond acceptors (Lipinski definition) is 5. The fourth-order valence-corrected chi connectivity index (χ4v) is 1.51. The van der Waals surface area contributed by atoms with Crippen molar-refractivity contribution in [1.82, 2.24) is 9.97 Å². The third-order valence-corrected chi connectivity index (χ3v) is 2.48. The van der Waals surface area contributed by atoms with Crippen molar-refractivity contribution >= 4 is 11.5 Å². The van der Waals surface area contributed by atoms with E-state index in [0.717, 1.165) is 11.3 Å². The van der Waals surface area contributed by atoms with Gasteiger partial charge in [0.15, 0.2) is 0 Å². The first kappa shape index (κ1) is 11.9. The molecule has 0 aliphatic carbocycles. The van der Waals surface area contributed by atoms with Gasteiger partial charge in [-0.25, -0.2) is 9.97 Å². The molecule has 5 nitrogen and oxygen atoms in total. The third kappa shape index (κ3) is 2.38. The molecule has 0 aliphatic heterocycles. The molecule has 0 radical (unpaired) electrons. The predicted molar refractivity (Wildman–Crippen MR) is 67.8 cm³/mol. The average Bonchev–Trinajstić information content (AvgIpc) is 2.40. The lowest BCUT2D eigenvalue weighted by atomic mass is 10.1. The van der Waals surface area contributed by atoms with Crippen molar-refractivity contribution in [3.05, 3.63) is 41.7 Å². The Kier molecular flexibility index (Phi) is 3.39.